The van der Waals surface area contributed by atoms with Crippen molar-refractivity contribution in [3.63, 3.8) is 0 Å². The lowest BCUT2D eigenvalue weighted by atomic mass is 10.2. The van der Waals surface area contributed by atoms with Gasteiger partial charge in [-0.25, -0.2) is 4.79 Å². The number of aliphatic hydroxyl groups excluding tert-OH is 1. The quantitative estimate of drug-likeness (QED) is 0.369. The summed E-state index contributed by atoms with van der Waals surface area (Å²) in [6, 6.07) is 0. The summed E-state index contributed by atoms with van der Waals surface area (Å²) in [5.41, 5.74) is -0.192. The topological polar surface area (TPSA) is 57.5 Å². The van der Waals surface area contributed by atoms with Gasteiger partial charge in [-0.05, 0) is 13.0 Å². The Kier molecular flexibility index (Phi) is 3.73. The molecule has 0 aliphatic heterocycles. The van der Waals surface area contributed by atoms with Crippen LogP contribution in [0.15, 0.2) is 36.1 Å². The number of carboxylic acids is 1. The number of rotatable bonds is 3. The van der Waals surface area contributed by atoms with Gasteiger partial charge in [0, 0.05) is 0 Å². The maximum atomic E-state index is 10.3. The molecule has 2 N–H and O–H groups in total. The molecule has 0 spiro atoms. The standard InChI is InChI=1S/C8H10O3/c1-3-5-7(9)6(4-2)8(10)11/h3-5,9H,2H2,1H3,(H,10,11)/b5-3-,7-6-. The summed E-state index contributed by atoms with van der Waals surface area (Å²) in [5.74, 6) is -1.47. The minimum atomic E-state index is -1.18. The van der Waals surface area contributed by atoms with Crippen molar-refractivity contribution < 1.29 is 15.0 Å². The number of allylic oxidation sites excluding steroid dienone is 2. The van der Waals surface area contributed by atoms with E-state index in [4.69, 9.17) is 10.2 Å². The van der Waals surface area contributed by atoms with E-state index in [0.717, 1.165) is 6.08 Å². The van der Waals surface area contributed by atoms with Gasteiger partial charge in [0.15, 0.2) is 0 Å². The smallest absolute Gasteiger partial charge is 0.339 e. The highest BCUT2D eigenvalue weighted by atomic mass is 16.4. The first-order chi connectivity index (χ1) is 5.13. The van der Waals surface area contributed by atoms with E-state index in [1.165, 1.54) is 6.08 Å². The van der Waals surface area contributed by atoms with Crippen molar-refractivity contribution >= 4 is 5.97 Å². The zero-order chi connectivity index (χ0) is 8.85. The summed E-state index contributed by atoms with van der Waals surface area (Å²) < 4.78 is 0. The van der Waals surface area contributed by atoms with Crippen LogP contribution >= 0.6 is 0 Å². The van der Waals surface area contributed by atoms with E-state index in [2.05, 4.69) is 6.58 Å². The fourth-order valence-corrected chi connectivity index (χ4v) is 0.549. The Balaban J connectivity index is 4.82. The zero-order valence-corrected chi connectivity index (χ0v) is 6.24. The van der Waals surface area contributed by atoms with Crippen molar-refractivity contribution in [3.05, 3.63) is 36.1 Å². The molecule has 0 aromatic heterocycles. The molecule has 0 heterocycles. The molecule has 3 heteroatoms. The molecule has 11 heavy (non-hydrogen) atoms. The van der Waals surface area contributed by atoms with Crippen LogP contribution in [0.5, 0.6) is 0 Å². The Bertz CT molecular complexity index is 223. The Labute approximate surface area is 65.0 Å². The fourth-order valence-electron chi connectivity index (χ4n) is 0.549. The van der Waals surface area contributed by atoms with E-state index in [1.54, 1.807) is 13.0 Å². The maximum absolute atomic E-state index is 10.3. The lowest BCUT2D eigenvalue weighted by molar-refractivity contribution is -0.132. The molecule has 0 bridgehead atoms. The van der Waals surface area contributed by atoms with E-state index < -0.39 is 5.97 Å². The molecule has 0 unspecified atom stereocenters. The third-order valence-electron chi connectivity index (χ3n) is 1.04. The second-order valence-corrected chi connectivity index (χ2v) is 1.81. The van der Waals surface area contributed by atoms with Crippen LogP contribution in [0.3, 0.4) is 0 Å². The normalized spacial score (nSPS) is 12.8. The molecular weight excluding hydrogens is 144 g/mol. The summed E-state index contributed by atoms with van der Waals surface area (Å²) in [4.78, 5) is 10.3. The lowest BCUT2D eigenvalue weighted by Gasteiger charge is -1.95. The van der Waals surface area contributed by atoms with Gasteiger partial charge in [-0.15, -0.1) is 0 Å². The largest absolute Gasteiger partial charge is 0.507 e. The van der Waals surface area contributed by atoms with Gasteiger partial charge in [-0.1, -0.05) is 18.7 Å². The van der Waals surface area contributed by atoms with Crippen LogP contribution in [-0.2, 0) is 4.79 Å². The van der Waals surface area contributed by atoms with Crippen molar-refractivity contribution in [2.24, 2.45) is 0 Å². The molecule has 0 aliphatic carbocycles. The number of carboxylic acid groups (broad SMARTS) is 1. The molecule has 0 aromatic rings. The first-order valence-electron chi connectivity index (χ1n) is 3.05. The predicted octanol–water partition coefficient (Wildman–Crippen LogP) is 1.65. The molecule has 60 valence electrons. The average Bonchev–Trinajstić information content (AvgIpc) is 1.88. The Morgan fingerprint density at radius 3 is 2.27 bits per heavy atom. The molecule has 3 nitrogen and oxygen atoms in total. The molecular formula is C8H10O3. The van der Waals surface area contributed by atoms with Gasteiger partial charge < -0.3 is 10.2 Å². The lowest BCUT2D eigenvalue weighted by Crippen LogP contribution is -2.00. The van der Waals surface area contributed by atoms with E-state index >= 15 is 0 Å². The van der Waals surface area contributed by atoms with Crippen LogP contribution in [0.2, 0.25) is 0 Å². The van der Waals surface area contributed by atoms with E-state index in [1.807, 2.05) is 0 Å². The number of hydrogen-bond acceptors (Lipinski definition) is 2. The van der Waals surface area contributed by atoms with Gasteiger partial charge in [-0.3, -0.25) is 0 Å². The third kappa shape index (κ3) is 2.71. The fraction of sp³-hybridized carbons (Fsp3) is 0.125. The molecule has 0 radical (unpaired) electrons. The highest BCUT2D eigenvalue weighted by Gasteiger charge is 2.06. The van der Waals surface area contributed by atoms with Gasteiger partial charge in [0.05, 0.1) is 0 Å². The number of hydrogen-bond donors (Lipinski definition) is 2. The summed E-state index contributed by atoms with van der Waals surface area (Å²) in [7, 11) is 0. The second-order valence-electron chi connectivity index (χ2n) is 1.81. The van der Waals surface area contributed by atoms with Crippen molar-refractivity contribution in [1.29, 1.82) is 0 Å². The number of carbonyl (C=O) groups is 1. The molecule has 0 atom stereocenters. The molecule has 0 amide bonds. The molecule has 0 aliphatic rings. The van der Waals surface area contributed by atoms with E-state index in [9.17, 15) is 4.79 Å². The predicted molar refractivity (Wildman–Crippen MR) is 42.3 cm³/mol. The number of aliphatic hydroxyl groups is 1. The van der Waals surface area contributed by atoms with Crippen LogP contribution in [0.4, 0.5) is 0 Å². The zero-order valence-electron chi connectivity index (χ0n) is 6.24. The van der Waals surface area contributed by atoms with Crippen LogP contribution in [0.25, 0.3) is 0 Å². The monoisotopic (exact) mass is 154 g/mol. The molecule has 0 fully saturated rings. The summed E-state index contributed by atoms with van der Waals surface area (Å²) >= 11 is 0. The third-order valence-corrected chi connectivity index (χ3v) is 1.04. The van der Waals surface area contributed by atoms with Gasteiger partial charge in [0.2, 0.25) is 0 Å². The van der Waals surface area contributed by atoms with Gasteiger partial charge >= 0.3 is 5.97 Å². The van der Waals surface area contributed by atoms with Crippen molar-refractivity contribution in [3.8, 4) is 0 Å². The van der Waals surface area contributed by atoms with Gasteiger partial charge in [0.1, 0.15) is 11.3 Å². The van der Waals surface area contributed by atoms with E-state index in [-0.39, 0.29) is 11.3 Å². The van der Waals surface area contributed by atoms with Gasteiger partial charge in [-0.2, -0.15) is 0 Å². The number of aliphatic carboxylic acids is 1. The maximum Gasteiger partial charge on any atom is 0.339 e. The van der Waals surface area contributed by atoms with Crippen molar-refractivity contribution in [1.82, 2.24) is 0 Å². The SMILES string of the molecule is C=C/C(C(=O)O)=C(O)\C=C/C. The first kappa shape index (κ1) is 9.49. The van der Waals surface area contributed by atoms with Crippen molar-refractivity contribution in [2.45, 2.75) is 6.92 Å². The second kappa shape index (κ2) is 4.33. The minimum absolute atomic E-state index is 0.192. The molecule has 0 saturated carbocycles. The molecule has 0 aromatic carbocycles. The Morgan fingerprint density at radius 1 is 1.45 bits per heavy atom. The minimum Gasteiger partial charge on any atom is -0.507 e. The summed E-state index contributed by atoms with van der Waals surface area (Å²) in [5, 5.41) is 17.5. The summed E-state index contributed by atoms with van der Waals surface area (Å²) in [6.45, 7) is 4.93. The van der Waals surface area contributed by atoms with Crippen molar-refractivity contribution in [2.75, 3.05) is 0 Å². The van der Waals surface area contributed by atoms with Crippen LogP contribution in [0.1, 0.15) is 6.92 Å². The highest BCUT2D eigenvalue weighted by Crippen LogP contribution is 2.03. The highest BCUT2D eigenvalue weighted by molar-refractivity contribution is 5.90. The van der Waals surface area contributed by atoms with Crippen LogP contribution < -0.4 is 0 Å². The molecule has 0 rings (SSSR count). The average molecular weight is 154 g/mol. The van der Waals surface area contributed by atoms with Crippen LogP contribution in [0, 0.1) is 0 Å². The Morgan fingerprint density at radius 2 is 2.00 bits per heavy atom. The van der Waals surface area contributed by atoms with E-state index in [0.29, 0.717) is 0 Å². The molecule has 0 saturated heterocycles. The van der Waals surface area contributed by atoms with Crippen LogP contribution in [-0.4, -0.2) is 16.2 Å². The first-order valence-corrected chi connectivity index (χ1v) is 3.05. The summed E-state index contributed by atoms with van der Waals surface area (Å²) in [6.07, 6.45) is 3.94. The Hall–Kier alpha value is -1.51. The van der Waals surface area contributed by atoms with Gasteiger partial charge in [0.25, 0.3) is 0 Å².